The molecule has 19 heavy (non-hydrogen) atoms. The smallest absolute Gasteiger partial charge is 0.199 e. The normalized spacial score (nSPS) is 10.5. The molecule has 0 spiro atoms. The monoisotopic (exact) mass is 361 g/mol. The lowest BCUT2D eigenvalue weighted by molar-refractivity contribution is 0.103. The summed E-state index contributed by atoms with van der Waals surface area (Å²) in [4.78, 5) is 12.3. The van der Waals surface area contributed by atoms with Crippen LogP contribution in [0.1, 0.15) is 15.9 Å². The average Bonchev–Trinajstić information content (AvgIpc) is 2.33. The molecule has 0 saturated heterocycles. The molecule has 0 bridgehead atoms. The summed E-state index contributed by atoms with van der Waals surface area (Å²) in [7, 11) is 0. The van der Waals surface area contributed by atoms with Crippen LogP contribution >= 0.6 is 39.1 Å². The minimum atomic E-state index is -0.694. The Balaban J connectivity index is 2.60. The van der Waals surface area contributed by atoms with E-state index in [1.165, 1.54) is 18.2 Å². The molecule has 0 aliphatic carbocycles. The third-order valence-electron chi connectivity index (χ3n) is 2.53. The van der Waals surface area contributed by atoms with Crippen molar-refractivity contribution >= 4 is 50.6 Å². The lowest BCUT2D eigenvalue weighted by atomic mass is 10.0. The molecule has 2 rings (SSSR count). The molecule has 2 aromatic carbocycles. The van der Waals surface area contributed by atoms with E-state index in [9.17, 15) is 9.18 Å². The molecule has 0 aromatic heterocycles. The quantitative estimate of drug-likeness (QED) is 0.477. The number of nitrogens with two attached hydrogens (primary N) is 1. The summed E-state index contributed by atoms with van der Waals surface area (Å²) in [6.07, 6.45) is 0. The van der Waals surface area contributed by atoms with E-state index in [-0.39, 0.29) is 26.9 Å². The highest BCUT2D eigenvalue weighted by molar-refractivity contribution is 9.10. The van der Waals surface area contributed by atoms with Gasteiger partial charge >= 0.3 is 0 Å². The summed E-state index contributed by atoms with van der Waals surface area (Å²) in [5, 5.41) is 0.402. The van der Waals surface area contributed by atoms with Crippen molar-refractivity contribution in [3.8, 4) is 0 Å². The molecule has 0 fully saturated rings. The second-order valence-electron chi connectivity index (χ2n) is 3.78. The van der Waals surface area contributed by atoms with E-state index in [1.807, 2.05) is 0 Å². The van der Waals surface area contributed by atoms with Gasteiger partial charge in [-0.3, -0.25) is 4.79 Å². The average molecular weight is 363 g/mol. The number of carbonyl (C=O) groups excluding carboxylic acids is 1. The van der Waals surface area contributed by atoms with Crippen molar-refractivity contribution in [1.82, 2.24) is 0 Å². The predicted molar refractivity (Wildman–Crippen MR) is 78.4 cm³/mol. The van der Waals surface area contributed by atoms with Crippen LogP contribution in [0.2, 0.25) is 10.0 Å². The molecule has 0 aliphatic rings. The summed E-state index contributed by atoms with van der Waals surface area (Å²) in [6, 6.07) is 7.02. The van der Waals surface area contributed by atoms with Crippen molar-refractivity contribution in [3.05, 3.63) is 61.8 Å². The summed E-state index contributed by atoms with van der Waals surface area (Å²) >= 11 is 14.9. The van der Waals surface area contributed by atoms with Gasteiger partial charge in [0, 0.05) is 10.2 Å². The first-order valence-electron chi connectivity index (χ1n) is 5.15. The van der Waals surface area contributed by atoms with Gasteiger partial charge in [0.1, 0.15) is 5.82 Å². The Morgan fingerprint density at radius 3 is 2.53 bits per heavy atom. The van der Waals surface area contributed by atoms with Gasteiger partial charge in [0.05, 0.1) is 21.2 Å². The molecule has 0 saturated carbocycles. The topological polar surface area (TPSA) is 43.1 Å². The van der Waals surface area contributed by atoms with Crippen molar-refractivity contribution < 1.29 is 9.18 Å². The van der Waals surface area contributed by atoms with Gasteiger partial charge in [0.25, 0.3) is 0 Å². The van der Waals surface area contributed by atoms with E-state index in [4.69, 9.17) is 28.9 Å². The van der Waals surface area contributed by atoms with Gasteiger partial charge in [-0.2, -0.15) is 0 Å². The largest absolute Gasteiger partial charge is 0.398 e. The number of benzene rings is 2. The molecule has 2 nitrogen and oxygen atoms in total. The maximum Gasteiger partial charge on any atom is 0.199 e. The molecule has 0 radical (unpaired) electrons. The third kappa shape index (κ3) is 2.76. The minimum absolute atomic E-state index is 0.0708. The second-order valence-corrected chi connectivity index (χ2v) is 5.45. The Morgan fingerprint density at radius 1 is 1.21 bits per heavy atom. The van der Waals surface area contributed by atoms with Crippen LogP contribution in [0.25, 0.3) is 0 Å². The Bertz CT molecular complexity index is 656. The Kier molecular flexibility index (Phi) is 4.13. The van der Waals surface area contributed by atoms with Gasteiger partial charge in [-0.25, -0.2) is 4.39 Å². The maximum atomic E-state index is 13.8. The van der Waals surface area contributed by atoms with E-state index in [0.29, 0.717) is 4.47 Å². The fourth-order valence-electron chi connectivity index (χ4n) is 1.61. The third-order valence-corrected chi connectivity index (χ3v) is 4.04. The molecule has 6 heteroatoms. The zero-order valence-corrected chi connectivity index (χ0v) is 12.5. The van der Waals surface area contributed by atoms with Crippen LogP contribution in [0.4, 0.5) is 10.1 Å². The van der Waals surface area contributed by atoms with Crippen molar-refractivity contribution in [2.24, 2.45) is 0 Å². The van der Waals surface area contributed by atoms with Gasteiger partial charge in [0.2, 0.25) is 0 Å². The number of hydrogen-bond acceptors (Lipinski definition) is 2. The Hall–Kier alpha value is -1.10. The zero-order chi connectivity index (χ0) is 14.2. The van der Waals surface area contributed by atoms with E-state index in [0.717, 1.165) is 6.07 Å². The summed E-state index contributed by atoms with van der Waals surface area (Å²) < 4.78 is 14.2. The first-order valence-corrected chi connectivity index (χ1v) is 6.70. The Morgan fingerprint density at radius 2 is 1.89 bits per heavy atom. The van der Waals surface area contributed by atoms with Crippen molar-refractivity contribution in [2.75, 3.05) is 5.73 Å². The fourth-order valence-corrected chi connectivity index (χ4v) is 2.36. The van der Waals surface area contributed by atoms with Crippen molar-refractivity contribution in [2.45, 2.75) is 0 Å². The lowest BCUT2D eigenvalue weighted by Crippen LogP contribution is -2.08. The van der Waals surface area contributed by atoms with Crippen LogP contribution in [0.3, 0.4) is 0 Å². The molecule has 0 heterocycles. The molecule has 0 unspecified atom stereocenters. The number of hydrogen-bond donors (Lipinski definition) is 1. The van der Waals surface area contributed by atoms with Crippen molar-refractivity contribution in [1.29, 1.82) is 0 Å². The number of nitrogen functional groups attached to an aromatic ring is 1. The van der Waals surface area contributed by atoms with Crippen LogP contribution in [0.5, 0.6) is 0 Å². The molecule has 98 valence electrons. The van der Waals surface area contributed by atoms with E-state index in [1.54, 1.807) is 6.07 Å². The molecule has 0 aliphatic heterocycles. The van der Waals surface area contributed by atoms with Crippen molar-refractivity contribution in [3.63, 3.8) is 0 Å². The first-order chi connectivity index (χ1) is 8.91. The number of anilines is 1. The van der Waals surface area contributed by atoms with Gasteiger partial charge in [-0.05, 0) is 40.2 Å². The van der Waals surface area contributed by atoms with Crippen LogP contribution in [-0.4, -0.2) is 5.78 Å². The van der Waals surface area contributed by atoms with Gasteiger partial charge < -0.3 is 5.73 Å². The van der Waals surface area contributed by atoms with E-state index < -0.39 is 11.6 Å². The molecule has 2 aromatic rings. The van der Waals surface area contributed by atoms with Crippen LogP contribution in [0.15, 0.2) is 34.8 Å². The Labute approximate surface area is 127 Å². The number of halogens is 4. The SMILES string of the molecule is Nc1cccc(Cl)c1C(=O)c1cc(Cl)c(Br)cc1F. The van der Waals surface area contributed by atoms with Gasteiger partial charge in [0.15, 0.2) is 5.78 Å². The summed E-state index contributed by atoms with van der Waals surface area (Å²) in [5.41, 5.74) is 5.80. The summed E-state index contributed by atoms with van der Waals surface area (Å²) in [5.74, 6) is -1.30. The van der Waals surface area contributed by atoms with Gasteiger partial charge in [-0.1, -0.05) is 29.3 Å². The molecule has 0 amide bonds. The number of carbonyl (C=O) groups is 1. The first kappa shape index (κ1) is 14.3. The maximum absolute atomic E-state index is 13.8. The fraction of sp³-hybridized carbons (Fsp3) is 0. The number of ketones is 1. The standard InChI is InChI=1S/C13H7BrCl2FNO/c14-7-5-10(17)6(4-9(7)16)13(19)12-8(15)2-1-3-11(12)18/h1-5H,18H2. The van der Waals surface area contributed by atoms with Gasteiger partial charge in [-0.15, -0.1) is 0 Å². The highest BCUT2D eigenvalue weighted by Gasteiger charge is 2.20. The summed E-state index contributed by atoms with van der Waals surface area (Å²) in [6.45, 7) is 0. The molecular formula is C13H7BrCl2FNO. The highest BCUT2D eigenvalue weighted by Crippen LogP contribution is 2.30. The van der Waals surface area contributed by atoms with Crippen LogP contribution < -0.4 is 5.73 Å². The highest BCUT2D eigenvalue weighted by atomic mass is 79.9. The van der Waals surface area contributed by atoms with E-state index >= 15 is 0 Å². The minimum Gasteiger partial charge on any atom is -0.398 e. The van der Waals surface area contributed by atoms with Crippen LogP contribution in [0, 0.1) is 5.82 Å². The molecule has 2 N–H and O–H groups in total. The molecule has 0 atom stereocenters. The zero-order valence-electron chi connectivity index (χ0n) is 9.38. The number of rotatable bonds is 2. The predicted octanol–water partition coefficient (Wildman–Crippen LogP) is 4.71. The molecular weight excluding hydrogens is 356 g/mol. The lowest BCUT2D eigenvalue weighted by Gasteiger charge is -2.09. The van der Waals surface area contributed by atoms with Crippen LogP contribution in [-0.2, 0) is 0 Å². The second kappa shape index (κ2) is 5.49. The van der Waals surface area contributed by atoms with E-state index in [2.05, 4.69) is 15.9 Å².